The van der Waals surface area contributed by atoms with E-state index in [1.807, 2.05) is 38.1 Å². The van der Waals surface area contributed by atoms with Crippen molar-refractivity contribution in [3.8, 4) is 0 Å². The van der Waals surface area contributed by atoms with E-state index in [0.717, 1.165) is 11.1 Å². The van der Waals surface area contributed by atoms with Gasteiger partial charge < -0.3 is 14.2 Å². The molecule has 0 saturated heterocycles. The van der Waals surface area contributed by atoms with E-state index in [2.05, 4.69) is 4.98 Å². The summed E-state index contributed by atoms with van der Waals surface area (Å²) in [6.45, 7) is 2.97. The Morgan fingerprint density at radius 1 is 1.21 bits per heavy atom. The number of rotatable bonds is 4. The second kappa shape index (κ2) is 7.04. The number of amides is 1. The summed E-state index contributed by atoms with van der Waals surface area (Å²) in [7, 11) is 3.88. The van der Waals surface area contributed by atoms with E-state index in [1.165, 1.54) is 0 Å². The van der Waals surface area contributed by atoms with E-state index < -0.39 is 6.04 Å². The lowest BCUT2D eigenvalue weighted by Crippen LogP contribution is -2.35. The van der Waals surface area contributed by atoms with E-state index in [-0.39, 0.29) is 17.1 Å². The first-order chi connectivity index (χ1) is 13.4. The number of pyridine rings is 1. The first kappa shape index (κ1) is 18.7. The van der Waals surface area contributed by atoms with Gasteiger partial charge in [-0.25, -0.2) is 0 Å². The molecule has 1 aromatic carbocycles. The van der Waals surface area contributed by atoms with Gasteiger partial charge in [-0.1, -0.05) is 11.6 Å². The number of nitrogens with zero attached hydrogens (tertiary/aromatic N) is 3. The molecule has 1 aliphatic heterocycles. The van der Waals surface area contributed by atoms with E-state index in [4.69, 9.17) is 16.0 Å². The Bertz CT molecular complexity index is 1130. The maximum Gasteiger partial charge on any atom is 0.290 e. The van der Waals surface area contributed by atoms with E-state index in [0.29, 0.717) is 34.6 Å². The van der Waals surface area contributed by atoms with Crippen LogP contribution in [0.25, 0.3) is 11.0 Å². The molecule has 3 aromatic rings. The minimum atomic E-state index is -0.508. The molecule has 7 heteroatoms. The second-order valence-electron chi connectivity index (χ2n) is 7.26. The van der Waals surface area contributed by atoms with Crippen LogP contribution in [0.5, 0.6) is 0 Å². The molecule has 28 heavy (non-hydrogen) atoms. The summed E-state index contributed by atoms with van der Waals surface area (Å²) in [4.78, 5) is 34.3. The molecule has 0 radical (unpaired) electrons. The van der Waals surface area contributed by atoms with Crippen LogP contribution in [0, 0.1) is 6.92 Å². The van der Waals surface area contributed by atoms with Crippen LogP contribution in [-0.2, 0) is 0 Å². The van der Waals surface area contributed by atoms with Crippen molar-refractivity contribution in [2.45, 2.75) is 13.0 Å². The van der Waals surface area contributed by atoms with Gasteiger partial charge in [0.15, 0.2) is 5.43 Å². The number of fused-ring (bicyclic) bond motifs is 2. The van der Waals surface area contributed by atoms with Crippen LogP contribution in [0.1, 0.15) is 33.3 Å². The number of halogens is 1. The third-order valence-electron chi connectivity index (χ3n) is 5.06. The van der Waals surface area contributed by atoms with Crippen molar-refractivity contribution in [3.63, 3.8) is 0 Å². The maximum absolute atomic E-state index is 13.4. The van der Waals surface area contributed by atoms with Gasteiger partial charge in [0.2, 0.25) is 5.76 Å². The molecule has 1 amide bonds. The van der Waals surface area contributed by atoms with Crippen LogP contribution in [-0.4, -0.2) is 47.9 Å². The number of carbonyl (C=O) groups excluding carboxylic acids is 1. The van der Waals surface area contributed by atoms with Crippen LogP contribution < -0.4 is 5.43 Å². The fraction of sp³-hybridized carbons (Fsp3) is 0.286. The molecule has 4 rings (SSSR count). The van der Waals surface area contributed by atoms with Crippen LogP contribution in [0.15, 0.2) is 45.9 Å². The van der Waals surface area contributed by atoms with E-state index >= 15 is 0 Å². The zero-order valence-electron chi connectivity index (χ0n) is 15.9. The summed E-state index contributed by atoms with van der Waals surface area (Å²) in [5, 5.41) is 0.879. The topological polar surface area (TPSA) is 66.7 Å². The predicted octanol–water partition coefficient (Wildman–Crippen LogP) is 3.26. The largest absolute Gasteiger partial charge is 0.450 e. The number of hydrogen-bond acceptors (Lipinski definition) is 5. The van der Waals surface area contributed by atoms with Gasteiger partial charge in [-0.05, 0) is 56.4 Å². The minimum absolute atomic E-state index is 0.111. The maximum atomic E-state index is 13.4. The lowest BCUT2D eigenvalue weighted by atomic mass is 9.99. The molecule has 144 valence electrons. The SMILES string of the molecule is Cc1cc2oc3c(c(=O)c2cc1Cl)C(c1ccncc1)N(CCN(C)C)C3=O. The minimum Gasteiger partial charge on any atom is -0.450 e. The van der Waals surface area contributed by atoms with E-state index in [1.54, 1.807) is 29.4 Å². The van der Waals surface area contributed by atoms with Crippen molar-refractivity contribution in [2.75, 3.05) is 27.2 Å². The van der Waals surface area contributed by atoms with Crippen LogP contribution in [0.4, 0.5) is 0 Å². The van der Waals surface area contributed by atoms with Gasteiger partial charge in [0.25, 0.3) is 5.91 Å². The van der Waals surface area contributed by atoms with Gasteiger partial charge in [-0.3, -0.25) is 14.6 Å². The molecule has 1 atom stereocenters. The summed E-state index contributed by atoms with van der Waals surface area (Å²) in [6.07, 6.45) is 3.32. The number of likely N-dealkylation sites (N-methyl/N-ethyl adjacent to an activating group) is 1. The highest BCUT2D eigenvalue weighted by molar-refractivity contribution is 6.32. The zero-order valence-corrected chi connectivity index (χ0v) is 16.7. The number of benzene rings is 1. The number of carbonyl (C=O) groups is 1. The quantitative estimate of drug-likeness (QED) is 0.676. The molecule has 0 N–H and O–H groups in total. The van der Waals surface area contributed by atoms with Crippen molar-refractivity contribution in [3.05, 3.63) is 74.4 Å². The monoisotopic (exact) mass is 397 g/mol. The van der Waals surface area contributed by atoms with Crippen molar-refractivity contribution in [1.82, 2.24) is 14.8 Å². The smallest absolute Gasteiger partial charge is 0.290 e. The average molecular weight is 398 g/mol. The molecule has 0 aliphatic carbocycles. The zero-order chi connectivity index (χ0) is 20.0. The highest BCUT2D eigenvalue weighted by Crippen LogP contribution is 2.38. The highest BCUT2D eigenvalue weighted by Gasteiger charge is 2.42. The van der Waals surface area contributed by atoms with Gasteiger partial charge in [-0.15, -0.1) is 0 Å². The van der Waals surface area contributed by atoms with Crippen LogP contribution in [0.3, 0.4) is 0 Å². The number of aromatic nitrogens is 1. The van der Waals surface area contributed by atoms with Gasteiger partial charge in [0.1, 0.15) is 5.58 Å². The van der Waals surface area contributed by atoms with E-state index in [9.17, 15) is 9.59 Å². The number of hydrogen-bond donors (Lipinski definition) is 0. The summed E-state index contributed by atoms with van der Waals surface area (Å²) in [5.74, 6) is -0.162. The molecular weight excluding hydrogens is 378 g/mol. The van der Waals surface area contributed by atoms with Gasteiger partial charge in [0, 0.05) is 30.5 Å². The van der Waals surface area contributed by atoms with Crippen molar-refractivity contribution < 1.29 is 9.21 Å². The van der Waals surface area contributed by atoms with Crippen molar-refractivity contribution >= 4 is 28.5 Å². The number of aryl methyl sites for hydroxylation is 1. The molecule has 0 saturated carbocycles. The third-order valence-corrected chi connectivity index (χ3v) is 5.46. The Balaban J connectivity index is 1.96. The molecule has 0 spiro atoms. The van der Waals surface area contributed by atoms with Crippen molar-refractivity contribution in [1.29, 1.82) is 0 Å². The van der Waals surface area contributed by atoms with Crippen molar-refractivity contribution in [2.24, 2.45) is 0 Å². The predicted molar refractivity (Wildman–Crippen MR) is 108 cm³/mol. The average Bonchev–Trinajstić information content (AvgIpc) is 2.95. The van der Waals surface area contributed by atoms with Gasteiger partial charge in [0.05, 0.1) is 17.0 Å². The Morgan fingerprint density at radius 3 is 2.61 bits per heavy atom. The molecular formula is C21H20ClN3O3. The molecule has 6 nitrogen and oxygen atoms in total. The highest BCUT2D eigenvalue weighted by atomic mass is 35.5. The third kappa shape index (κ3) is 2.99. The lowest BCUT2D eigenvalue weighted by molar-refractivity contribution is 0.0716. The fourth-order valence-electron chi connectivity index (χ4n) is 3.57. The Labute approximate surface area is 167 Å². The second-order valence-corrected chi connectivity index (χ2v) is 7.66. The normalized spacial score (nSPS) is 16.2. The van der Waals surface area contributed by atoms with Crippen LogP contribution >= 0.6 is 11.6 Å². The summed E-state index contributed by atoms with van der Waals surface area (Å²) in [5.41, 5.74) is 2.13. The van der Waals surface area contributed by atoms with Gasteiger partial charge in [-0.2, -0.15) is 0 Å². The molecule has 0 fully saturated rings. The lowest BCUT2D eigenvalue weighted by Gasteiger charge is -2.26. The first-order valence-electron chi connectivity index (χ1n) is 9.01. The fourth-order valence-corrected chi connectivity index (χ4v) is 3.74. The Hall–Kier alpha value is -2.70. The first-order valence-corrected chi connectivity index (χ1v) is 9.38. The summed E-state index contributed by atoms with van der Waals surface area (Å²) >= 11 is 6.23. The molecule has 3 heterocycles. The standard InChI is InChI=1S/C21H20ClN3O3/c1-12-10-16-14(11-15(12)22)19(26)17-18(13-4-6-23-7-5-13)25(9-8-24(2)3)21(27)20(17)28-16/h4-7,10-11,18H,8-9H2,1-3H3. The Morgan fingerprint density at radius 2 is 1.93 bits per heavy atom. The Kier molecular flexibility index (Phi) is 4.69. The van der Waals surface area contributed by atoms with Gasteiger partial charge >= 0.3 is 0 Å². The molecule has 0 bridgehead atoms. The molecule has 1 aliphatic rings. The van der Waals surface area contributed by atoms with Crippen LogP contribution in [0.2, 0.25) is 5.02 Å². The summed E-state index contributed by atoms with van der Waals surface area (Å²) in [6, 6.07) is 6.46. The molecule has 1 unspecified atom stereocenters. The summed E-state index contributed by atoms with van der Waals surface area (Å²) < 4.78 is 5.94. The molecule has 2 aromatic heterocycles.